The van der Waals surface area contributed by atoms with E-state index in [1.54, 1.807) is 37.5 Å². The van der Waals surface area contributed by atoms with Crippen LogP contribution < -0.4 is 15.4 Å². The van der Waals surface area contributed by atoms with Crippen LogP contribution in [0.5, 0.6) is 5.75 Å². The molecule has 0 unspecified atom stereocenters. The largest absolute Gasteiger partial charge is 0.497 e. The number of rotatable bonds is 8. The standard InChI is InChI=1S/C22H20ClN3O5/c1-14(25-20(27)10-5-15-3-8-18(30-2)9-4-15)22(29)31-13-21(28)26-17-7-6-16(12-24)19(23)11-17/h3-11,14H,13H2,1-2H3,(H,25,27)(H,26,28)/t14-/m0/s1. The second-order valence-corrected chi connectivity index (χ2v) is 6.71. The molecule has 0 fully saturated rings. The molecule has 2 N–H and O–H groups in total. The number of hydrogen-bond acceptors (Lipinski definition) is 6. The van der Waals surface area contributed by atoms with Crippen LogP contribution in [0.25, 0.3) is 6.08 Å². The molecular weight excluding hydrogens is 422 g/mol. The Morgan fingerprint density at radius 3 is 2.52 bits per heavy atom. The summed E-state index contributed by atoms with van der Waals surface area (Å²) in [4.78, 5) is 35.9. The smallest absolute Gasteiger partial charge is 0.328 e. The van der Waals surface area contributed by atoms with E-state index < -0.39 is 30.4 Å². The molecule has 2 aromatic carbocycles. The summed E-state index contributed by atoms with van der Waals surface area (Å²) >= 11 is 5.90. The molecule has 2 aromatic rings. The Labute approximate surface area is 184 Å². The Morgan fingerprint density at radius 1 is 1.19 bits per heavy atom. The average molecular weight is 442 g/mol. The summed E-state index contributed by atoms with van der Waals surface area (Å²) in [6, 6.07) is 12.4. The number of nitrogens with zero attached hydrogens (tertiary/aromatic N) is 1. The molecule has 0 aliphatic heterocycles. The molecule has 0 aliphatic carbocycles. The number of amides is 2. The van der Waals surface area contributed by atoms with Crippen molar-refractivity contribution in [2.24, 2.45) is 0 Å². The number of carbonyl (C=O) groups is 3. The quantitative estimate of drug-likeness (QED) is 0.480. The maximum absolute atomic E-state index is 12.0. The van der Waals surface area contributed by atoms with Gasteiger partial charge in [-0.25, -0.2) is 4.79 Å². The van der Waals surface area contributed by atoms with Gasteiger partial charge in [-0.2, -0.15) is 5.26 Å². The summed E-state index contributed by atoms with van der Waals surface area (Å²) in [7, 11) is 1.56. The minimum atomic E-state index is -0.954. The Bertz CT molecular complexity index is 1030. The molecule has 0 aliphatic rings. The number of methoxy groups -OCH3 is 1. The zero-order valence-electron chi connectivity index (χ0n) is 16.8. The normalized spacial score (nSPS) is 11.3. The van der Waals surface area contributed by atoms with Crippen LogP contribution in [0.2, 0.25) is 5.02 Å². The van der Waals surface area contributed by atoms with Gasteiger partial charge in [-0.1, -0.05) is 23.7 Å². The number of carbonyl (C=O) groups excluding carboxylic acids is 3. The molecule has 0 radical (unpaired) electrons. The van der Waals surface area contributed by atoms with Crippen LogP contribution in [0.1, 0.15) is 18.1 Å². The van der Waals surface area contributed by atoms with Gasteiger partial charge in [0.25, 0.3) is 5.91 Å². The van der Waals surface area contributed by atoms with E-state index in [1.807, 2.05) is 6.07 Å². The van der Waals surface area contributed by atoms with Crippen molar-refractivity contribution in [1.29, 1.82) is 5.26 Å². The summed E-state index contributed by atoms with van der Waals surface area (Å²) in [5.74, 6) is -1.15. The fourth-order valence-corrected chi connectivity index (χ4v) is 2.57. The van der Waals surface area contributed by atoms with Crippen molar-refractivity contribution in [3.05, 3.63) is 64.7 Å². The molecular formula is C22H20ClN3O5. The van der Waals surface area contributed by atoms with Crippen LogP contribution >= 0.6 is 11.6 Å². The van der Waals surface area contributed by atoms with Gasteiger partial charge in [-0.05, 0) is 48.9 Å². The maximum Gasteiger partial charge on any atom is 0.328 e. The monoisotopic (exact) mass is 441 g/mol. The van der Waals surface area contributed by atoms with E-state index in [2.05, 4.69) is 10.6 Å². The van der Waals surface area contributed by atoms with Crippen molar-refractivity contribution < 1.29 is 23.9 Å². The first-order chi connectivity index (χ1) is 14.8. The van der Waals surface area contributed by atoms with Gasteiger partial charge >= 0.3 is 5.97 Å². The predicted molar refractivity (Wildman–Crippen MR) is 115 cm³/mol. The van der Waals surface area contributed by atoms with Gasteiger partial charge in [0.15, 0.2) is 6.61 Å². The van der Waals surface area contributed by atoms with Crippen LogP contribution in [-0.2, 0) is 19.1 Å². The lowest BCUT2D eigenvalue weighted by molar-refractivity contribution is -0.149. The van der Waals surface area contributed by atoms with Gasteiger partial charge in [0.05, 0.1) is 17.7 Å². The van der Waals surface area contributed by atoms with Crippen LogP contribution in [0.4, 0.5) is 5.69 Å². The summed E-state index contributed by atoms with van der Waals surface area (Å²) in [5, 5.41) is 14.0. The van der Waals surface area contributed by atoms with Crippen molar-refractivity contribution in [3.8, 4) is 11.8 Å². The molecule has 1 atom stereocenters. The molecule has 31 heavy (non-hydrogen) atoms. The summed E-state index contributed by atoms with van der Waals surface area (Å²) in [6.45, 7) is 0.901. The van der Waals surface area contributed by atoms with Crippen LogP contribution in [0.15, 0.2) is 48.5 Å². The maximum atomic E-state index is 12.0. The van der Waals surface area contributed by atoms with Gasteiger partial charge in [0, 0.05) is 11.8 Å². The number of hydrogen-bond donors (Lipinski definition) is 2. The number of ether oxygens (including phenoxy) is 2. The third-order valence-electron chi connectivity index (χ3n) is 3.97. The van der Waals surface area contributed by atoms with Crippen LogP contribution in [-0.4, -0.2) is 37.5 Å². The van der Waals surface area contributed by atoms with Gasteiger partial charge in [-0.3, -0.25) is 9.59 Å². The third-order valence-corrected chi connectivity index (χ3v) is 4.29. The van der Waals surface area contributed by atoms with E-state index in [-0.39, 0.29) is 10.6 Å². The highest BCUT2D eigenvalue weighted by Crippen LogP contribution is 2.20. The molecule has 0 bridgehead atoms. The molecule has 0 saturated heterocycles. The second kappa shape index (κ2) is 11.4. The fourth-order valence-electron chi connectivity index (χ4n) is 2.35. The predicted octanol–water partition coefficient (Wildman–Crippen LogP) is 2.92. The van der Waals surface area contributed by atoms with Crippen molar-refractivity contribution in [1.82, 2.24) is 5.32 Å². The summed E-state index contributed by atoms with van der Waals surface area (Å²) in [5.41, 5.74) is 1.41. The third kappa shape index (κ3) is 7.49. The first-order valence-corrected chi connectivity index (χ1v) is 9.49. The minimum absolute atomic E-state index is 0.191. The van der Waals surface area contributed by atoms with Gasteiger partial charge in [-0.15, -0.1) is 0 Å². The molecule has 2 amide bonds. The average Bonchev–Trinajstić information content (AvgIpc) is 2.76. The van der Waals surface area contributed by atoms with Crippen LogP contribution in [0.3, 0.4) is 0 Å². The van der Waals surface area contributed by atoms with E-state index in [0.29, 0.717) is 11.4 Å². The molecule has 2 rings (SSSR count). The van der Waals surface area contributed by atoms with Crippen molar-refractivity contribution in [3.63, 3.8) is 0 Å². The number of benzene rings is 2. The van der Waals surface area contributed by atoms with E-state index in [0.717, 1.165) is 5.56 Å². The molecule has 8 nitrogen and oxygen atoms in total. The Morgan fingerprint density at radius 2 is 1.90 bits per heavy atom. The first-order valence-electron chi connectivity index (χ1n) is 9.11. The Hall–Kier alpha value is -3.83. The minimum Gasteiger partial charge on any atom is -0.497 e. The lowest BCUT2D eigenvalue weighted by Crippen LogP contribution is -2.39. The van der Waals surface area contributed by atoms with Gasteiger partial charge in [0.2, 0.25) is 5.91 Å². The van der Waals surface area contributed by atoms with E-state index in [9.17, 15) is 14.4 Å². The number of esters is 1. The number of nitrogens with one attached hydrogen (secondary N) is 2. The zero-order valence-corrected chi connectivity index (χ0v) is 17.6. The lowest BCUT2D eigenvalue weighted by atomic mass is 10.2. The fraction of sp³-hybridized carbons (Fsp3) is 0.182. The number of halogens is 1. The highest BCUT2D eigenvalue weighted by molar-refractivity contribution is 6.32. The second-order valence-electron chi connectivity index (χ2n) is 6.30. The van der Waals surface area contributed by atoms with Crippen molar-refractivity contribution >= 4 is 41.1 Å². The van der Waals surface area contributed by atoms with Crippen molar-refractivity contribution in [2.75, 3.05) is 19.0 Å². The highest BCUT2D eigenvalue weighted by atomic mass is 35.5. The molecule has 0 heterocycles. The van der Waals surface area contributed by atoms with Gasteiger partial charge in [0.1, 0.15) is 17.9 Å². The van der Waals surface area contributed by atoms with E-state index >= 15 is 0 Å². The van der Waals surface area contributed by atoms with E-state index in [1.165, 1.54) is 31.2 Å². The SMILES string of the molecule is COc1ccc(C=CC(=O)N[C@@H](C)C(=O)OCC(=O)Nc2ccc(C#N)c(Cl)c2)cc1. The van der Waals surface area contributed by atoms with Crippen molar-refractivity contribution in [2.45, 2.75) is 13.0 Å². The molecule has 0 aromatic heterocycles. The summed E-state index contributed by atoms with van der Waals surface area (Å²) in [6.07, 6.45) is 2.87. The molecule has 160 valence electrons. The summed E-state index contributed by atoms with van der Waals surface area (Å²) < 4.78 is 9.97. The highest BCUT2D eigenvalue weighted by Gasteiger charge is 2.17. The topological polar surface area (TPSA) is 118 Å². The molecule has 0 saturated carbocycles. The molecule has 9 heteroatoms. The molecule has 0 spiro atoms. The van der Waals surface area contributed by atoms with Crippen LogP contribution in [0, 0.1) is 11.3 Å². The lowest BCUT2D eigenvalue weighted by Gasteiger charge is -2.12. The van der Waals surface area contributed by atoms with E-state index in [4.69, 9.17) is 26.3 Å². The first kappa shape index (κ1) is 23.4. The number of anilines is 1. The Balaban J connectivity index is 1.78. The number of nitriles is 1. The zero-order chi connectivity index (χ0) is 22.8. The Kier molecular flexibility index (Phi) is 8.61. The van der Waals surface area contributed by atoms with Gasteiger partial charge < -0.3 is 20.1 Å².